The lowest BCUT2D eigenvalue weighted by atomic mass is 10.1. The minimum atomic E-state index is -3.68. The summed E-state index contributed by atoms with van der Waals surface area (Å²) in [5.41, 5.74) is 3.58. The van der Waals surface area contributed by atoms with Crippen molar-refractivity contribution in [3.05, 3.63) is 102 Å². The zero-order valence-electron chi connectivity index (χ0n) is 17.3. The number of aryl methyl sites for hydroxylation is 1. The number of aromatic nitrogens is 1. The average Bonchev–Trinajstić information content (AvgIpc) is 3.19. The number of nitrogens with zero attached hydrogens (tertiary/aromatic N) is 1. The van der Waals surface area contributed by atoms with Crippen LogP contribution in [0, 0.1) is 6.92 Å². The van der Waals surface area contributed by atoms with Gasteiger partial charge >= 0.3 is 0 Å². The van der Waals surface area contributed by atoms with Gasteiger partial charge in [0.05, 0.1) is 16.8 Å². The zero-order valence-corrected chi connectivity index (χ0v) is 18.1. The highest BCUT2D eigenvalue weighted by molar-refractivity contribution is 7.90. The minimum absolute atomic E-state index is 0.0300. The zero-order chi connectivity index (χ0) is 21.8. The van der Waals surface area contributed by atoms with Gasteiger partial charge in [-0.25, -0.2) is 12.4 Å². The quantitative estimate of drug-likeness (QED) is 0.478. The molecule has 31 heavy (non-hydrogen) atoms. The molecule has 6 heteroatoms. The van der Waals surface area contributed by atoms with Crippen molar-refractivity contribution in [2.45, 2.75) is 24.7 Å². The maximum Gasteiger partial charge on any atom is 0.268 e. The molecule has 0 aliphatic carbocycles. The Morgan fingerprint density at radius 1 is 0.903 bits per heavy atom. The third kappa shape index (κ3) is 4.70. The topological polar surface area (TPSA) is 68.2 Å². The van der Waals surface area contributed by atoms with Crippen molar-refractivity contribution in [2.24, 2.45) is 0 Å². The van der Waals surface area contributed by atoms with Gasteiger partial charge in [0.2, 0.25) is 5.91 Å². The molecule has 1 amide bonds. The van der Waals surface area contributed by atoms with Crippen molar-refractivity contribution in [3.63, 3.8) is 0 Å². The van der Waals surface area contributed by atoms with E-state index in [4.69, 9.17) is 0 Å². The van der Waals surface area contributed by atoms with Crippen molar-refractivity contribution in [3.8, 4) is 0 Å². The molecule has 4 rings (SSSR count). The highest BCUT2D eigenvalue weighted by atomic mass is 32.2. The highest BCUT2D eigenvalue weighted by Gasteiger charge is 2.18. The maximum absolute atomic E-state index is 13.1. The van der Waals surface area contributed by atoms with Gasteiger partial charge < -0.3 is 5.32 Å². The third-order valence-corrected chi connectivity index (χ3v) is 6.95. The molecule has 0 fully saturated rings. The summed E-state index contributed by atoms with van der Waals surface area (Å²) >= 11 is 0. The smallest absolute Gasteiger partial charge is 0.268 e. The molecular formula is C25H24N2O3S. The van der Waals surface area contributed by atoms with Gasteiger partial charge in [0.1, 0.15) is 0 Å². The lowest BCUT2D eigenvalue weighted by molar-refractivity contribution is -0.120. The summed E-state index contributed by atoms with van der Waals surface area (Å²) in [5, 5.41) is 3.79. The molecule has 0 atom stereocenters. The predicted molar refractivity (Wildman–Crippen MR) is 123 cm³/mol. The number of carbonyl (C=O) groups is 1. The van der Waals surface area contributed by atoms with Crippen LogP contribution in [0.3, 0.4) is 0 Å². The van der Waals surface area contributed by atoms with E-state index in [1.807, 2.05) is 55.5 Å². The van der Waals surface area contributed by atoms with E-state index in [0.717, 1.165) is 22.1 Å². The number of amides is 1. The molecular weight excluding hydrogens is 408 g/mol. The van der Waals surface area contributed by atoms with E-state index in [0.29, 0.717) is 24.9 Å². The summed E-state index contributed by atoms with van der Waals surface area (Å²) in [7, 11) is -3.68. The molecule has 3 aromatic carbocycles. The molecule has 0 saturated heterocycles. The monoisotopic (exact) mass is 432 g/mol. The Kier molecular flexibility index (Phi) is 5.91. The molecule has 5 nitrogen and oxygen atoms in total. The Balaban J connectivity index is 1.48. The van der Waals surface area contributed by atoms with E-state index in [1.54, 1.807) is 36.5 Å². The predicted octanol–water partition coefficient (Wildman–Crippen LogP) is 4.09. The van der Waals surface area contributed by atoms with Gasteiger partial charge in [-0.05, 0) is 48.7 Å². The van der Waals surface area contributed by atoms with Crippen molar-refractivity contribution < 1.29 is 13.2 Å². The molecule has 0 aliphatic heterocycles. The van der Waals surface area contributed by atoms with Crippen LogP contribution in [-0.4, -0.2) is 24.8 Å². The fraction of sp³-hybridized carbons (Fsp3) is 0.160. The van der Waals surface area contributed by atoms with Crippen LogP contribution in [0.25, 0.3) is 10.9 Å². The first-order valence-corrected chi connectivity index (χ1v) is 11.6. The summed E-state index contributed by atoms with van der Waals surface area (Å²) < 4.78 is 27.6. The minimum Gasteiger partial charge on any atom is -0.355 e. The summed E-state index contributed by atoms with van der Waals surface area (Å²) in [6.07, 6.45) is 2.55. The van der Waals surface area contributed by atoms with Gasteiger partial charge in [-0.1, -0.05) is 60.2 Å². The maximum atomic E-state index is 13.1. The number of hydrogen-bond donors (Lipinski definition) is 1. The molecule has 0 radical (unpaired) electrons. The molecule has 0 saturated carbocycles. The van der Waals surface area contributed by atoms with Crippen LogP contribution in [0.15, 0.2) is 90.0 Å². The summed E-state index contributed by atoms with van der Waals surface area (Å²) in [4.78, 5) is 12.4. The van der Waals surface area contributed by atoms with Crippen molar-refractivity contribution in [2.75, 3.05) is 6.54 Å². The first-order valence-electron chi connectivity index (χ1n) is 10.2. The summed E-state index contributed by atoms with van der Waals surface area (Å²) in [5.74, 6) is -0.0300. The van der Waals surface area contributed by atoms with Crippen molar-refractivity contribution >= 4 is 26.8 Å². The first-order chi connectivity index (χ1) is 14.9. The standard InChI is InChI=1S/C25H24N2O3S/c1-19-7-11-23(12-8-19)31(29,30)27-16-14-22-10-9-21(17-24(22)27)13-15-26-25(28)18-20-5-3-2-4-6-20/h2-12,14,16-17H,13,15,18H2,1H3,(H,26,28). The van der Waals surface area contributed by atoms with Crippen LogP contribution in [-0.2, 0) is 27.7 Å². The molecule has 1 heterocycles. The van der Waals surface area contributed by atoms with Gasteiger partial charge in [-0.2, -0.15) is 0 Å². The van der Waals surface area contributed by atoms with Crippen molar-refractivity contribution in [1.82, 2.24) is 9.29 Å². The van der Waals surface area contributed by atoms with Crippen LogP contribution >= 0.6 is 0 Å². The molecule has 1 N–H and O–H groups in total. The lowest BCUT2D eigenvalue weighted by Gasteiger charge is -2.10. The Bertz CT molecular complexity index is 1310. The fourth-order valence-electron chi connectivity index (χ4n) is 3.53. The van der Waals surface area contributed by atoms with Crippen LogP contribution < -0.4 is 5.32 Å². The van der Waals surface area contributed by atoms with Gasteiger partial charge in [0.25, 0.3) is 10.0 Å². The highest BCUT2D eigenvalue weighted by Crippen LogP contribution is 2.23. The Hall–Kier alpha value is -3.38. The second-order valence-electron chi connectivity index (χ2n) is 7.59. The number of benzene rings is 3. The molecule has 0 spiro atoms. The van der Waals surface area contributed by atoms with E-state index >= 15 is 0 Å². The fourth-order valence-corrected chi connectivity index (χ4v) is 4.87. The van der Waals surface area contributed by atoms with Gasteiger partial charge in [-0.15, -0.1) is 0 Å². The molecule has 0 aliphatic rings. The molecule has 0 bridgehead atoms. The summed E-state index contributed by atoms with van der Waals surface area (Å²) in [6, 6.07) is 24.0. The molecule has 0 unspecified atom stereocenters. The Morgan fingerprint density at radius 2 is 1.65 bits per heavy atom. The third-order valence-electron chi connectivity index (χ3n) is 5.24. The van der Waals surface area contributed by atoms with E-state index < -0.39 is 10.0 Å². The van der Waals surface area contributed by atoms with Crippen LogP contribution in [0.2, 0.25) is 0 Å². The summed E-state index contributed by atoms with van der Waals surface area (Å²) in [6.45, 7) is 2.41. The van der Waals surface area contributed by atoms with Gasteiger partial charge in [-0.3, -0.25) is 4.79 Å². The number of rotatable bonds is 7. The van der Waals surface area contributed by atoms with Crippen LogP contribution in [0.1, 0.15) is 16.7 Å². The van der Waals surface area contributed by atoms with E-state index in [2.05, 4.69) is 5.32 Å². The molecule has 1 aromatic heterocycles. The van der Waals surface area contributed by atoms with E-state index in [9.17, 15) is 13.2 Å². The van der Waals surface area contributed by atoms with Gasteiger partial charge in [0, 0.05) is 18.1 Å². The van der Waals surface area contributed by atoms with Gasteiger partial charge in [0.15, 0.2) is 0 Å². The average molecular weight is 433 g/mol. The van der Waals surface area contributed by atoms with Crippen LogP contribution in [0.4, 0.5) is 0 Å². The number of carbonyl (C=O) groups excluding carboxylic acids is 1. The molecule has 4 aromatic rings. The SMILES string of the molecule is Cc1ccc(S(=O)(=O)n2ccc3ccc(CCNC(=O)Cc4ccccc4)cc32)cc1. The van der Waals surface area contributed by atoms with Crippen molar-refractivity contribution in [1.29, 1.82) is 0 Å². The Labute approximate surface area is 182 Å². The van der Waals surface area contributed by atoms with E-state index in [1.165, 1.54) is 3.97 Å². The Morgan fingerprint density at radius 3 is 2.39 bits per heavy atom. The number of nitrogens with one attached hydrogen (secondary N) is 1. The number of hydrogen-bond acceptors (Lipinski definition) is 3. The largest absolute Gasteiger partial charge is 0.355 e. The lowest BCUT2D eigenvalue weighted by Crippen LogP contribution is -2.27. The normalized spacial score (nSPS) is 11.5. The number of fused-ring (bicyclic) bond motifs is 1. The second-order valence-corrected chi connectivity index (χ2v) is 9.40. The second kappa shape index (κ2) is 8.78. The molecule has 158 valence electrons. The van der Waals surface area contributed by atoms with Crippen LogP contribution in [0.5, 0.6) is 0 Å². The first kappa shape index (κ1) is 20.9. The van der Waals surface area contributed by atoms with E-state index in [-0.39, 0.29) is 10.8 Å².